The van der Waals surface area contributed by atoms with Crippen molar-refractivity contribution < 1.29 is 14.0 Å². The van der Waals surface area contributed by atoms with Gasteiger partial charge in [-0.15, -0.1) is 0 Å². The number of anilines is 2. The first-order chi connectivity index (χ1) is 14.6. The van der Waals surface area contributed by atoms with Gasteiger partial charge in [-0.25, -0.2) is 0 Å². The molecule has 0 bridgehead atoms. The summed E-state index contributed by atoms with van der Waals surface area (Å²) in [5.41, 5.74) is 1.92. The largest absolute Gasteiger partial charge is 0.465 e. The first kappa shape index (κ1) is 19.5. The zero-order chi connectivity index (χ0) is 21.1. The van der Waals surface area contributed by atoms with Gasteiger partial charge in [-0.3, -0.25) is 19.4 Å². The molecule has 4 rings (SSSR count). The maximum atomic E-state index is 13.3. The van der Waals surface area contributed by atoms with Gasteiger partial charge < -0.3 is 4.42 Å². The Bertz CT molecular complexity index is 1090. The molecule has 5 nitrogen and oxygen atoms in total. The summed E-state index contributed by atoms with van der Waals surface area (Å²) in [6.45, 7) is 1.81. The lowest BCUT2D eigenvalue weighted by atomic mass is 10.1. The number of carbonyl (C=O) groups excluding carboxylic acids is 2. The highest BCUT2D eigenvalue weighted by atomic mass is 32.1. The smallest absolute Gasteiger partial charge is 0.270 e. The van der Waals surface area contributed by atoms with E-state index in [0.717, 1.165) is 0 Å². The first-order valence-corrected chi connectivity index (χ1v) is 9.73. The number of benzene rings is 2. The summed E-state index contributed by atoms with van der Waals surface area (Å²) in [6.07, 6.45) is 4.90. The minimum Gasteiger partial charge on any atom is -0.465 e. The van der Waals surface area contributed by atoms with Crippen LogP contribution in [0.25, 0.3) is 6.08 Å². The Morgan fingerprint density at radius 3 is 1.83 bits per heavy atom. The molecule has 30 heavy (non-hydrogen) atoms. The van der Waals surface area contributed by atoms with Crippen molar-refractivity contribution in [2.24, 2.45) is 0 Å². The maximum absolute atomic E-state index is 13.3. The minimum atomic E-state index is -0.462. The first-order valence-electron chi connectivity index (χ1n) is 9.33. The summed E-state index contributed by atoms with van der Waals surface area (Å²) in [6, 6.07) is 21.7. The van der Waals surface area contributed by atoms with Crippen molar-refractivity contribution in [3.05, 3.63) is 102 Å². The quantitative estimate of drug-likeness (QED) is 0.343. The summed E-state index contributed by atoms with van der Waals surface area (Å²) in [7, 11) is 0. The number of furan rings is 1. The van der Waals surface area contributed by atoms with E-state index in [9.17, 15) is 9.59 Å². The van der Waals surface area contributed by atoms with Crippen LogP contribution in [0.1, 0.15) is 12.7 Å². The SMILES string of the molecule is C/C(C=C1C(=O)N(c2ccccc2)C(=S)N(c2ccccc2)C1=O)=C\c1ccco1. The second-order valence-corrected chi connectivity index (χ2v) is 7.06. The molecule has 0 N–H and O–H groups in total. The lowest BCUT2D eigenvalue weighted by Crippen LogP contribution is -2.57. The Hall–Kier alpha value is -3.77. The van der Waals surface area contributed by atoms with Crippen molar-refractivity contribution in [3.63, 3.8) is 0 Å². The van der Waals surface area contributed by atoms with Gasteiger partial charge in [-0.2, -0.15) is 0 Å². The molecule has 0 aliphatic carbocycles. The predicted octanol–water partition coefficient (Wildman–Crippen LogP) is 4.97. The van der Waals surface area contributed by atoms with Crippen LogP contribution in [0.2, 0.25) is 0 Å². The zero-order valence-electron chi connectivity index (χ0n) is 16.2. The molecule has 0 atom stereocenters. The predicted molar refractivity (Wildman–Crippen MR) is 121 cm³/mol. The van der Waals surface area contributed by atoms with Crippen molar-refractivity contribution in [2.75, 3.05) is 9.80 Å². The van der Waals surface area contributed by atoms with Crippen LogP contribution in [-0.4, -0.2) is 16.9 Å². The van der Waals surface area contributed by atoms with Crippen LogP contribution in [0, 0.1) is 0 Å². The van der Waals surface area contributed by atoms with Gasteiger partial charge in [0.05, 0.1) is 17.6 Å². The molecule has 0 saturated carbocycles. The van der Waals surface area contributed by atoms with E-state index < -0.39 is 11.8 Å². The van der Waals surface area contributed by atoms with Crippen molar-refractivity contribution in [2.45, 2.75) is 6.92 Å². The minimum absolute atomic E-state index is 0.0246. The van der Waals surface area contributed by atoms with Crippen LogP contribution in [-0.2, 0) is 9.59 Å². The molecule has 0 spiro atoms. The number of thiocarbonyl (C=S) groups is 1. The molecule has 1 aromatic heterocycles. The standard InChI is InChI=1S/C24H18N2O3S/c1-17(15-20-13-8-14-29-20)16-21-22(27)25(18-9-4-2-5-10-18)24(30)26(23(21)28)19-11-6-3-7-12-19/h2-16H,1H3/b17-15+. The molecule has 0 unspecified atom stereocenters. The van der Waals surface area contributed by atoms with E-state index >= 15 is 0 Å². The van der Waals surface area contributed by atoms with E-state index in [1.807, 2.05) is 43.3 Å². The molecule has 2 amide bonds. The monoisotopic (exact) mass is 414 g/mol. The van der Waals surface area contributed by atoms with Gasteiger partial charge in [-0.05, 0) is 73.3 Å². The van der Waals surface area contributed by atoms with E-state index in [4.69, 9.17) is 16.6 Å². The molecule has 1 fully saturated rings. The number of hydrogen-bond acceptors (Lipinski definition) is 4. The van der Waals surface area contributed by atoms with Gasteiger partial charge in [0.25, 0.3) is 11.8 Å². The van der Waals surface area contributed by atoms with Crippen molar-refractivity contribution in [1.82, 2.24) is 0 Å². The Morgan fingerprint density at radius 1 is 0.833 bits per heavy atom. The lowest BCUT2D eigenvalue weighted by Gasteiger charge is -2.36. The number of carbonyl (C=O) groups is 2. The van der Waals surface area contributed by atoms with E-state index in [0.29, 0.717) is 22.7 Å². The normalized spacial score (nSPS) is 15.0. The van der Waals surface area contributed by atoms with E-state index in [2.05, 4.69) is 0 Å². The average Bonchev–Trinajstić information content (AvgIpc) is 3.26. The summed E-state index contributed by atoms with van der Waals surface area (Å²) >= 11 is 5.58. The van der Waals surface area contributed by atoms with Gasteiger partial charge in [0, 0.05) is 0 Å². The highest BCUT2D eigenvalue weighted by Gasteiger charge is 2.41. The molecule has 1 aliphatic heterocycles. The molecule has 3 aromatic rings. The van der Waals surface area contributed by atoms with Crippen molar-refractivity contribution >= 4 is 46.6 Å². The van der Waals surface area contributed by atoms with Crippen LogP contribution >= 0.6 is 12.2 Å². The molecular weight excluding hydrogens is 396 g/mol. The lowest BCUT2D eigenvalue weighted by molar-refractivity contribution is -0.120. The molecule has 2 aromatic carbocycles. The summed E-state index contributed by atoms with van der Waals surface area (Å²) in [5.74, 6) is -0.290. The molecule has 1 aliphatic rings. The fourth-order valence-electron chi connectivity index (χ4n) is 3.21. The Kier molecular flexibility index (Phi) is 5.41. The van der Waals surface area contributed by atoms with Crippen LogP contribution in [0.3, 0.4) is 0 Å². The second kappa shape index (κ2) is 8.31. The van der Waals surface area contributed by atoms with Crippen LogP contribution in [0.15, 0.2) is 101 Å². The van der Waals surface area contributed by atoms with Crippen LogP contribution in [0.4, 0.5) is 11.4 Å². The fourth-order valence-corrected chi connectivity index (χ4v) is 3.58. The summed E-state index contributed by atoms with van der Waals surface area (Å²) in [5, 5.41) is 0.118. The third-order valence-corrected chi connectivity index (χ3v) is 4.93. The zero-order valence-corrected chi connectivity index (χ0v) is 17.0. The van der Waals surface area contributed by atoms with Gasteiger partial charge in [0.2, 0.25) is 0 Å². The van der Waals surface area contributed by atoms with Gasteiger partial charge in [-0.1, -0.05) is 36.4 Å². The average molecular weight is 414 g/mol. The highest BCUT2D eigenvalue weighted by Crippen LogP contribution is 2.29. The van der Waals surface area contributed by atoms with Crippen LogP contribution in [0.5, 0.6) is 0 Å². The summed E-state index contributed by atoms with van der Waals surface area (Å²) in [4.78, 5) is 29.4. The third-order valence-electron chi connectivity index (χ3n) is 4.56. The Labute approximate surface area is 179 Å². The molecule has 148 valence electrons. The third kappa shape index (κ3) is 3.73. The Morgan fingerprint density at radius 2 is 1.37 bits per heavy atom. The number of amides is 2. The second-order valence-electron chi connectivity index (χ2n) is 6.70. The number of rotatable bonds is 4. The van der Waals surface area contributed by atoms with E-state index in [1.165, 1.54) is 9.80 Å². The van der Waals surface area contributed by atoms with Gasteiger partial charge >= 0.3 is 0 Å². The number of allylic oxidation sites excluding steroid dienone is 2. The van der Waals surface area contributed by atoms with Crippen LogP contribution < -0.4 is 9.80 Å². The van der Waals surface area contributed by atoms with E-state index in [1.54, 1.807) is 54.8 Å². The number of para-hydroxylation sites is 2. The van der Waals surface area contributed by atoms with Gasteiger partial charge in [0.1, 0.15) is 11.3 Å². The number of nitrogens with zero attached hydrogens (tertiary/aromatic N) is 2. The molecule has 6 heteroatoms. The van der Waals surface area contributed by atoms with E-state index in [-0.39, 0.29) is 10.7 Å². The topological polar surface area (TPSA) is 53.8 Å². The fraction of sp³-hybridized carbons (Fsp3) is 0.0417. The molecule has 2 heterocycles. The Balaban J connectivity index is 1.82. The van der Waals surface area contributed by atoms with Crippen molar-refractivity contribution in [1.29, 1.82) is 0 Å². The molecule has 0 radical (unpaired) electrons. The summed E-state index contributed by atoms with van der Waals surface area (Å²) < 4.78 is 5.33. The molecule has 1 saturated heterocycles. The van der Waals surface area contributed by atoms with Crippen molar-refractivity contribution in [3.8, 4) is 0 Å². The highest BCUT2D eigenvalue weighted by molar-refractivity contribution is 7.81. The maximum Gasteiger partial charge on any atom is 0.270 e. The number of hydrogen-bond donors (Lipinski definition) is 0. The van der Waals surface area contributed by atoms with Gasteiger partial charge in [0.15, 0.2) is 5.11 Å². The molecular formula is C24H18N2O3S.